The first-order valence-electron chi connectivity index (χ1n) is 10.7. The van der Waals surface area contributed by atoms with Gasteiger partial charge in [-0.2, -0.15) is 0 Å². The summed E-state index contributed by atoms with van der Waals surface area (Å²) in [5.41, 5.74) is 6.08. The lowest BCUT2D eigenvalue weighted by molar-refractivity contribution is 0.0298. The summed E-state index contributed by atoms with van der Waals surface area (Å²) >= 11 is 0. The fourth-order valence-corrected chi connectivity index (χ4v) is 4.40. The predicted octanol–water partition coefficient (Wildman–Crippen LogP) is 2.00. The number of morpholine rings is 1. The number of ether oxygens (including phenoxy) is 1. The highest BCUT2D eigenvalue weighted by atomic mass is 16.5. The second-order valence-corrected chi connectivity index (χ2v) is 8.07. The first-order chi connectivity index (χ1) is 15.2. The molecule has 31 heavy (non-hydrogen) atoms. The molecule has 3 aromatic rings. The van der Waals surface area contributed by atoms with E-state index in [1.807, 2.05) is 24.0 Å². The van der Waals surface area contributed by atoms with Crippen LogP contribution in [0.25, 0.3) is 5.69 Å². The number of hydrogen-bond donors (Lipinski definition) is 0. The first-order valence-corrected chi connectivity index (χ1v) is 10.7. The highest BCUT2D eigenvalue weighted by Crippen LogP contribution is 2.27. The van der Waals surface area contributed by atoms with Crippen LogP contribution in [0.4, 0.5) is 0 Å². The smallest absolute Gasteiger partial charge is 0.276 e. The van der Waals surface area contributed by atoms with E-state index in [1.165, 1.54) is 16.7 Å². The number of pyridine rings is 1. The van der Waals surface area contributed by atoms with Crippen LogP contribution in [0.15, 0.2) is 42.7 Å². The molecule has 8 nitrogen and oxygen atoms in total. The molecule has 2 aliphatic rings. The Balaban J connectivity index is 1.38. The molecular formula is C23H26N6O2. The van der Waals surface area contributed by atoms with Crippen molar-refractivity contribution in [2.45, 2.75) is 26.4 Å². The Morgan fingerprint density at radius 2 is 1.90 bits per heavy atom. The van der Waals surface area contributed by atoms with E-state index in [9.17, 15) is 4.79 Å². The molecule has 0 spiro atoms. The maximum Gasteiger partial charge on any atom is 0.276 e. The molecule has 160 valence electrons. The summed E-state index contributed by atoms with van der Waals surface area (Å²) in [6.45, 7) is 7.03. The number of aromatic nitrogens is 4. The largest absolute Gasteiger partial charge is 0.378 e. The molecule has 2 aliphatic heterocycles. The van der Waals surface area contributed by atoms with Crippen molar-refractivity contribution >= 4 is 5.91 Å². The van der Waals surface area contributed by atoms with Gasteiger partial charge in [-0.25, -0.2) is 4.68 Å². The summed E-state index contributed by atoms with van der Waals surface area (Å²) in [4.78, 5) is 21.3. The van der Waals surface area contributed by atoms with Crippen molar-refractivity contribution < 1.29 is 9.53 Å². The lowest BCUT2D eigenvalue weighted by Gasteiger charge is -2.30. The molecule has 0 atom stereocenters. The van der Waals surface area contributed by atoms with Gasteiger partial charge >= 0.3 is 0 Å². The molecule has 0 unspecified atom stereocenters. The summed E-state index contributed by atoms with van der Waals surface area (Å²) in [6.07, 6.45) is 4.62. The minimum absolute atomic E-state index is 0.0691. The summed E-state index contributed by atoms with van der Waals surface area (Å²) in [6, 6.07) is 10.5. The van der Waals surface area contributed by atoms with E-state index in [-0.39, 0.29) is 5.91 Å². The van der Waals surface area contributed by atoms with Gasteiger partial charge in [0.15, 0.2) is 5.69 Å². The number of carbonyl (C=O) groups is 1. The van der Waals surface area contributed by atoms with Crippen molar-refractivity contribution in [3.05, 3.63) is 70.8 Å². The lowest BCUT2D eigenvalue weighted by Crippen LogP contribution is -2.41. The van der Waals surface area contributed by atoms with E-state index in [2.05, 4.69) is 50.5 Å². The van der Waals surface area contributed by atoms with E-state index in [4.69, 9.17) is 4.74 Å². The average Bonchev–Trinajstić information content (AvgIpc) is 3.20. The van der Waals surface area contributed by atoms with Crippen LogP contribution in [0.2, 0.25) is 0 Å². The second kappa shape index (κ2) is 8.56. The van der Waals surface area contributed by atoms with Crippen molar-refractivity contribution in [2.75, 3.05) is 32.8 Å². The van der Waals surface area contributed by atoms with Gasteiger partial charge in [0.25, 0.3) is 5.91 Å². The van der Waals surface area contributed by atoms with Crippen molar-refractivity contribution in [1.82, 2.24) is 29.8 Å². The fourth-order valence-electron chi connectivity index (χ4n) is 4.40. The Labute approximate surface area is 181 Å². The van der Waals surface area contributed by atoms with E-state index < -0.39 is 0 Å². The van der Waals surface area contributed by atoms with Gasteiger partial charge in [0, 0.05) is 45.1 Å². The van der Waals surface area contributed by atoms with Gasteiger partial charge in [0.05, 0.1) is 24.6 Å². The lowest BCUT2D eigenvalue weighted by atomic mass is 9.97. The predicted molar refractivity (Wildman–Crippen MR) is 115 cm³/mol. The zero-order chi connectivity index (χ0) is 21.2. The number of benzene rings is 1. The van der Waals surface area contributed by atoms with Gasteiger partial charge in [-0.3, -0.25) is 14.7 Å². The Morgan fingerprint density at radius 3 is 2.71 bits per heavy atom. The zero-order valence-electron chi connectivity index (χ0n) is 17.7. The number of amides is 1. The van der Waals surface area contributed by atoms with Crippen LogP contribution in [-0.4, -0.2) is 68.5 Å². The number of nitrogens with zero attached hydrogens (tertiary/aromatic N) is 6. The first kappa shape index (κ1) is 19.8. The molecule has 0 aliphatic carbocycles. The van der Waals surface area contributed by atoms with Crippen LogP contribution in [0, 0.1) is 6.92 Å². The second-order valence-electron chi connectivity index (χ2n) is 8.07. The van der Waals surface area contributed by atoms with Crippen LogP contribution in [0.1, 0.15) is 32.9 Å². The highest BCUT2D eigenvalue weighted by Gasteiger charge is 2.26. The van der Waals surface area contributed by atoms with Crippen LogP contribution >= 0.6 is 0 Å². The molecule has 1 aromatic carbocycles. The third-order valence-electron chi connectivity index (χ3n) is 6.10. The Kier molecular flexibility index (Phi) is 5.48. The molecule has 1 amide bonds. The molecule has 0 bridgehead atoms. The Morgan fingerprint density at radius 1 is 1.10 bits per heavy atom. The van der Waals surface area contributed by atoms with Gasteiger partial charge in [0.1, 0.15) is 0 Å². The summed E-state index contributed by atoms with van der Waals surface area (Å²) in [5.74, 6) is -0.0691. The third kappa shape index (κ3) is 3.96. The zero-order valence-corrected chi connectivity index (χ0v) is 17.7. The third-order valence-corrected chi connectivity index (χ3v) is 6.10. The monoisotopic (exact) mass is 418 g/mol. The molecular weight excluding hydrogens is 392 g/mol. The van der Waals surface area contributed by atoms with Gasteiger partial charge in [0.2, 0.25) is 0 Å². The molecule has 0 saturated carbocycles. The molecule has 0 N–H and O–H groups in total. The molecule has 2 aromatic heterocycles. The van der Waals surface area contributed by atoms with Crippen molar-refractivity contribution in [3.63, 3.8) is 0 Å². The summed E-state index contributed by atoms with van der Waals surface area (Å²) in [5, 5.41) is 8.62. The normalized spacial score (nSPS) is 16.9. The minimum atomic E-state index is -0.0691. The molecule has 1 fully saturated rings. The Bertz CT molecular complexity index is 1070. The number of carbonyl (C=O) groups excluding carboxylic acids is 1. The fraction of sp³-hybridized carbons (Fsp3) is 0.391. The van der Waals surface area contributed by atoms with E-state index in [1.54, 1.807) is 4.90 Å². The SMILES string of the molecule is Cc1c(C(=O)N2CCOCC2)nnn1-c1cccc2c1CCN(Cc1ccncc1)C2. The molecule has 4 heterocycles. The number of fused-ring (bicyclic) bond motifs is 1. The van der Waals surface area contributed by atoms with Crippen molar-refractivity contribution in [3.8, 4) is 5.69 Å². The summed E-state index contributed by atoms with van der Waals surface area (Å²) in [7, 11) is 0. The number of rotatable bonds is 4. The topological polar surface area (TPSA) is 76.4 Å². The van der Waals surface area contributed by atoms with Gasteiger partial charge in [-0.05, 0) is 48.2 Å². The molecule has 8 heteroatoms. The molecule has 1 saturated heterocycles. The van der Waals surface area contributed by atoms with E-state index >= 15 is 0 Å². The maximum absolute atomic E-state index is 12.9. The standard InChI is InChI=1S/C23H26N6O2/c1-17-22(23(30)28-11-13-31-14-12-28)25-26-29(17)21-4-2-3-19-16-27(10-7-20(19)21)15-18-5-8-24-9-6-18/h2-6,8-9H,7,10-16H2,1H3. The Hall–Kier alpha value is -3.10. The number of hydrogen-bond acceptors (Lipinski definition) is 6. The molecule has 5 rings (SSSR count). The quantitative estimate of drug-likeness (QED) is 0.645. The van der Waals surface area contributed by atoms with Crippen LogP contribution in [0.5, 0.6) is 0 Å². The van der Waals surface area contributed by atoms with E-state index in [0.29, 0.717) is 32.0 Å². The van der Waals surface area contributed by atoms with Crippen LogP contribution < -0.4 is 0 Å². The molecule has 0 radical (unpaired) electrons. The highest BCUT2D eigenvalue weighted by molar-refractivity contribution is 5.93. The van der Waals surface area contributed by atoms with Gasteiger partial charge in [-0.15, -0.1) is 5.10 Å². The summed E-state index contributed by atoms with van der Waals surface area (Å²) < 4.78 is 7.18. The van der Waals surface area contributed by atoms with Gasteiger partial charge < -0.3 is 9.64 Å². The van der Waals surface area contributed by atoms with Crippen molar-refractivity contribution in [1.29, 1.82) is 0 Å². The van der Waals surface area contributed by atoms with Crippen molar-refractivity contribution in [2.24, 2.45) is 0 Å². The van der Waals surface area contributed by atoms with Gasteiger partial charge in [-0.1, -0.05) is 17.3 Å². The minimum Gasteiger partial charge on any atom is -0.378 e. The van der Waals surface area contributed by atoms with Crippen LogP contribution in [-0.2, 0) is 24.2 Å². The van der Waals surface area contributed by atoms with Crippen LogP contribution in [0.3, 0.4) is 0 Å². The maximum atomic E-state index is 12.9. The van der Waals surface area contributed by atoms with E-state index in [0.717, 1.165) is 37.4 Å². The average molecular weight is 419 g/mol.